The molecule has 2 aromatic carbocycles. The summed E-state index contributed by atoms with van der Waals surface area (Å²) in [6.45, 7) is 1.72. The number of nitrogens with zero attached hydrogens (tertiary/aromatic N) is 3. The number of nitriles is 1. The van der Waals surface area contributed by atoms with Crippen molar-refractivity contribution in [3.8, 4) is 17.6 Å². The van der Waals surface area contributed by atoms with E-state index in [1.165, 1.54) is 10.7 Å². The van der Waals surface area contributed by atoms with Crippen molar-refractivity contribution in [2.45, 2.75) is 12.8 Å². The third-order valence-corrected chi connectivity index (χ3v) is 4.79. The Morgan fingerprint density at radius 3 is 2.71 bits per heavy atom. The van der Waals surface area contributed by atoms with Gasteiger partial charge in [-0.15, -0.1) is 0 Å². The lowest BCUT2D eigenvalue weighted by atomic mass is 9.84. The molecule has 2 heterocycles. The van der Waals surface area contributed by atoms with Crippen LogP contribution in [-0.4, -0.2) is 9.78 Å². The van der Waals surface area contributed by atoms with Gasteiger partial charge in [0.2, 0.25) is 11.8 Å². The fraction of sp³-hybridized carbons (Fsp3) is 0.100. The number of allylic oxidation sites excluding steroid dienone is 1. The first-order valence-electron chi connectivity index (χ1n) is 8.28. The Morgan fingerprint density at radius 2 is 2.04 bits per heavy atom. The van der Waals surface area contributed by atoms with Gasteiger partial charge in [0.25, 0.3) is 0 Å². The number of hydrogen-bond acceptors (Lipinski definition) is 4. The molecular weight excluding hydrogens is 386 g/mol. The molecule has 0 bridgehead atoms. The van der Waals surface area contributed by atoms with Crippen molar-refractivity contribution in [1.82, 2.24) is 9.78 Å². The highest BCUT2D eigenvalue weighted by atomic mass is 35.5. The van der Waals surface area contributed by atoms with E-state index in [1.807, 2.05) is 6.07 Å². The minimum absolute atomic E-state index is 0.0340. The van der Waals surface area contributed by atoms with Crippen molar-refractivity contribution in [2.24, 2.45) is 5.73 Å². The highest BCUT2D eigenvalue weighted by Gasteiger charge is 2.37. The lowest BCUT2D eigenvalue weighted by Crippen LogP contribution is -2.22. The molecule has 1 aliphatic heterocycles. The number of rotatable bonds is 2. The SMILES string of the molecule is Cc1nn(-c2cccc(Cl)c2)c2c1[C@@H](c1ccc(F)cc1F)C(C#N)=C(N)O2. The highest BCUT2D eigenvalue weighted by Crippen LogP contribution is 2.45. The van der Waals surface area contributed by atoms with Crippen LogP contribution in [0.1, 0.15) is 22.7 Å². The molecule has 2 N–H and O–H groups in total. The standard InChI is InChI=1S/C20H13ClF2N4O/c1-10-17-18(14-6-5-12(22)8-16(14)23)15(9-24)19(25)28-20(17)27(26-10)13-4-2-3-11(21)7-13/h2-8,18H,25H2,1H3/t18-/m0/s1. The van der Waals surface area contributed by atoms with Crippen LogP contribution in [0.3, 0.4) is 0 Å². The molecule has 0 radical (unpaired) electrons. The summed E-state index contributed by atoms with van der Waals surface area (Å²) in [6.07, 6.45) is 0. The van der Waals surface area contributed by atoms with Gasteiger partial charge >= 0.3 is 0 Å². The molecule has 0 saturated carbocycles. The maximum Gasteiger partial charge on any atom is 0.229 e. The van der Waals surface area contributed by atoms with Gasteiger partial charge in [-0.05, 0) is 31.2 Å². The highest BCUT2D eigenvalue weighted by molar-refractivity contribution is 6.30. The lowest BCUT2D eigenvalue weighted by Gasteiger charge is -2.25. The van der Waals surface area contributed by atoms with Crippen LogP contribution in [0.4, 0.5) is 8.78 Å². The average Bonchev–Trinajstić information content (AvgIpc) is 2.97. The number of aromatic nitrogens is 2. The maximum absolute atomic E-state index is 14.6. The summed E-state index contributed by atoms with van der Waals surface area (Å²) in [5.41, 5.74) is 7.73. The van der Waals surface area contributed by atoms with Crippen molar-refractivity contribution >= 4 is 11.6 Å². The number of nitrogens with two attached hydrogens (primary N) is 1. The van der Waals surface area contributed by atoms with Crippen molar-refractivity contribution in [2.75, 3.05) is 0 Å². The first kappa shape index (κ1) is 18.0. The quantitative estimate of drug-likeness (QED) is 0.697. The Balaban J connectivity index is 1.98. The third-order valence-electron chi connectivity index (χ3n) is 4.56. The minimum Gasteiger partial charge on any atom is -0.422 e. The fourth-order valence-corrected chi connectivity index (χ4v) is 3.53. The van der Waals surface area contributed by atoms with E-state index in [4.69, 9.17) is 22.1 Å². The molecule has 0 saturated heterocycles. The molecule has 1 aromatic heterocycles. The summed E-state index contributed by atoms with van der Waals surface area (Å²) < 4.78 is 35.2. The molecule has 28 heavy (non-hydrogen) atoms. The molecule has 140 valence electrons. The Bertz CT molecular complexity index is 1180. The van der Waals surface area contributed by atoms with Gasteiger partial charge in [-0.1, -0.05) is 23.7 Å². The van der Waals surface area contributed by atoms with Crippen LogP contribution in [0.15, 0.2) is 53.9 Å². The van der Waals surface area contributed by atoms with Crippen LogP contribution in [0.25, 0.3) is 5.69 Å². The first-order chi connectivity index (χ1) is 13.4. The van der Waals surface area contributed by atoms with Gasteiger partial charge in [0.15, 0.2) is 0 Å². The van der Waals surface area contributed by atoms with E-state index in [0.717, 1.165) is 12.1 Å². The third kappa shape index (κ3) is 2.79. The van der Waals surface area contributed by atoms with E-state index in [-0.39, 0.29) is 22.9 Å². The van der Waals surface area contributed by atoms with Gasteiger partial charge in [-0.2, -0.15) is 10.4 Å². The second-order valence-corrected chi connectivity index (χ2v) is 6.72. The molecule has 0 spiro atoms. The van der Waals surface area contributed by atoms with Gasteiger partial charge in [-0.25, -0.2) is 13.5 Å². The summed E-state index contributed by atoms with van der Waals surface area (Å²) in [6, 6.07) is 12.1. The number of benzene rings is 2. The molecule has 0 fully saturated rings. The van der Waals surface area contributed by atoms with Crippen molar-refractivity contribution in [3.63, 3.8) is 0 Å². The molecule has 4 rings (SSSR count). The molecule has 0 aliphatic carbocycles. The van der Waals surface area contributed by atoms with E-state index < -0.39 is 17.6 Å². The zero-order chi connectivity index (χ0) is 20.0. The van der Waals surface area contributed by atoms with Gasteiger partial charge in [0.05, 0.1) is 22.9 Å². The van der Waals surface area contributed by atoms with Gasteiger partial charge in [-0.3, -0.25) is 0 Å². The molecule has 1 atom stereocenters. The van der Waals surface area contributed by atoms with E-state index in [0.29, 0.717) is 22.0 Å². The van der Waals surface area contributed by atoms with Crippen LogP contribution >= 0.6 is 11.6 Å². The van der Waals surface area contributed by atoms with Crippen molar-refractivity contribution in [3.05, 3.63) is 87.4 Å². The lowest BCUT2D eigenvalue weighted by molar-refractivity contribution is 0.366. The molecule has 3 aromatic rings. The molecular formula is C20H13ClF2N4O. The van der Waals surface area contributed by atoms with Crippen LogP contribution < -0.4 is 10.5 Å². The zero-order valence-electron chi connectivity index (χ0n) is 14.6. The number of fused-ring (bicyclic) bond motifs is 1. The van der Waals surface area contributed by atoms with Gasteiger partial charge < -0.3 is 10.5 Å². The first-order valence-corrected chi connectivity index (χ1v) is 8.66. The minimum atomic E-state index is -0.873. The van der Waals surface area contributed by atoms with Crippen molar-refractivity contribution < 1.29 is 13.5 Å². The number of aryl methyl sites for hydroxylation is 1. The van der Waals surface area contributed by atoms with Crippen molar-refractivity contribution in [1.29, 1.82) is 5.26 Å². The topological polar surface area (TPSA) is 76.9 Å². The van der Waals surface area contributed by atoms with Crippen LogP contribution in [0.5, 0.6) is 5.88 Å². The molecule has 1 aliphatic rings. The fourth-order valence-electron chi connectivity index (χ4n) is 3.34. The Labute approximate surface area is 164 Å². The largest absolute Gasteiger partial charge is 0.422 e. The molecule has 0 unspecified atom stereocenters. The summed E-state index contributed by atoms with van der Waals surface area (Å²) in [7, 11) is 0. The maximum atomic E-state index is 14.6. The molecule has 8 heteroatoms. The van der Waals surface area contributed by atoms with Gasteiger partial charge in [0.1, 0.15) is 23.3 Å². The predicted molar refractivity (Wildman–Crippen MR) is 99.0 cm³/mol. The van der Waals surface area contributed by atoms with Crippen LogP contribution in [-0.2, 0) is 0 Å². The average molecular weight is 399 g/mol. The monoisotopic (exact) mass is 398 g/mol. The molecule has 0 amide bonds. The summed E-state index contributed by atoms with van der Waals surface area (Å²) in [4.78, 5) is 0. The van der Waals surface area contributed by atoms with E-state index in [9.17, 15) is 14.0 Å². The Hall–Kier alpha value is -3.37. The normalized spacial score (nSPS) is 15.8. The van der Waals surface area contributed by atoms with Gasteiger partial charge in [0, 0.05) is 16.7 Å². The van der Waals surface area contributed by atoms with Crippen LogP contribution in [0.2, 0.25) is 5.02 Å². The number of ether oxygens (including phenoxy) is 1. The van der Waals surface area contributed by atoms with E-state index >= 15 is 0 Å². The predicted octanol–water partition coefficient (Wildman–Crippen LogP) is 4.33. The summed E-state index contributed by atoms with van der Waals surface area (Å²) in [5.74, 6) is -2.28. The smallest absolute Gasteiger partial charge is 0.229 e. The second-order valence-electron chi connectivity index (χ2n) is 6.29. The Morgan fingerprint density at radius 1 is 1.25 bits per heavy atom. The zero-order valence-corrected chi connectivity index (χ0v) is 15.3. The number of halogens is 3. The summed E-state index contributed by atoms with van der Waals surface area (Å²) in [5, 5.41) is 14.6. The second kappa shape index (κ2) is 6.66. The Kier molecular flexibility index (Phi) is 4.28. The molecule has 5 nitrogen and oxygen atoms in total. The van der Waals surface area contributed by atoms with E-state index in [2.05, 4.69) is 5.10 Å². The number of hydrogen-bond donors (Lipinski definition) is 1. The van der Waals surface area contributed by atoms with Crippen LogP contribution in [0, 0.1) is 29.9 Å². The summed E-state index contributed by atoms with van der Waals surface area (Å²) >= 11 is 6.08. The van der Waals surface area contributed by atoms with E-state index in [1.54, 1.807) is 31.2 Å².